The third-order valence-corrected chi connectivity index (χ3v) is 10.5. The minimum absolute atomic E-state index is 0.0379. The summed E-state index contributed by atoms with van der Waals surface area (Å²) in [6, 6.07) is 19.0. The second-order valence-electron chi connectivity index (χ2n) is 10.5. The lowest BCUT2D eigenvalue weighted by Crippen LogP contribution is -2.18. The van der Waals surface area contributed by atoms with Crippen LogP contribution in [0.4, 0.5) is 0 Å². The van der Waals surface area contributed by atoms with Crippen LogP contribution in [-0.4, -0.2) is 21.4 Å². The first-order valence-corrected chi connectivity index (χ1v) is 16.1. The Balaban J connectivity index is 1.58. The topological polar surface area (TPSA) is 97.7 Å². The van der Waals surface area contributed by atoms with Crippen molar-refractivity contribution < 1.29 is 25.6 Å². The smallest absolute Gasteiger partial charge is 0.339 e. The van der Waals surface area contributed by atoms with E-state index >= 15 is 0 Å². The fourth-order valence-corrected chi connectivity index (χ4v) is 8.74. The Morgan fingerprint density at radius 3 is 1.92 bits per heavy atom. The number of fused-ring (bicyclic) bond motifs is 2. The van der Waals surface area contributed by atoms with Gasteiger partial charge in [-0.3, -0.25) is 4.55 Å². The van der Waals surface area contributed by atoms with E-state index in [4.69, 9.17) is 4.18 Å². The van der Waals surface area contributed by atoms with Crippen LogP contribution in [0.1, 0.15) is 74.3 Å². The monoisotopic (exact) mass is 550 g/mol. The van der Waals surface area contributed by atoms with Crippen LogP contribution >= 0.6 is 0 Å². The van der Waals surface area contributed by atoms with Crippen LogP contribution in [0.2, 0.25) is 0 Å². The highest BCUT2D eigenvalue weighted by molar-refractivity contribution is 7.87. The molecule has 4 aromatic carbocycles. The largest absolute Gasteiger partial charge is 0.378 e. The molecule has 1 N–H and O–H groups in total. The standard InChI is InChI=1S/C30H30O6S2/c31-37(32,33)28-18-17-27(24-15-7-8-16-25(24)28)36-38(34,35)30-26(20-9-1-2-10-20)19-22-13-5-6-14-23(22)29(30)21-11-3-4-12-21/h5-8,13-21H,1-4,9-12H2,(H,31,32,33). The zero-order chi connectivity index (χ0) is 26.5. The first-order valence-electron chi connectivity index (χ1n) is 13.2. The minimum Gasteiger partial charge on any atom is -0.378 e. The van der Waals surface area contributed by atoms with Gasteiger partial charge in [-0.15, -0.1) is 0 Å². The Labute approximate surface area is 223 Å². The second kappa shape index (κ2) is 9.67. The molecule has 0 bridgehead atoms. The van der Waals surface area contributed by atoms with Crippen LogP contribution in [0.15, 0.2) is 76.5 Å². The van der Waals surface area contributed by atoms with E-state index in [0.717, 1.165) is 73.3 Å². The molecule has 8 heteroatoms. The normalized spacial score (nSPS) is 17.5. The van der Waals surface area contributed by atoms with Gasteiger partial charge in [-0.25, -0.2) is 0 Å². The first-order chi connectivity index (χ1) is 18.2. The highest BCUT2D eigenvalue weighted by Crippen LogP contribution is 2.47. The fourth-order valence-electron chi connectivity index (χ4n) is 6.52. The molecule has 0 amide bonds. The third-order valence-electron chi connectivity index (χ3n) is 8.20. The number of benzene rings is 4. The third kappa shape index (κ3) is 4.48. The summed E-state index contributed by atoms with van der Waals surface area (Å²) in [4.78, 5) is -0.000204. The van der Waals surface area contributed by atoms with Crippen LogP contribution in [0.5, 0.6) is 5.75 Å². The van der Waals surface area contributed by atoms with Gasteiger partial charge in [-0.05, 0) is 77.6 Å². The molecule has 4 aromatic rings. The van der Waals surface area contributed by atoms with Crippen molar-refractivity contribution in [3.63, 3.8) is 0 Å². The van der Waals surface area contributed by atoms with Crippen LogP contribution in [0.3, 0.4) is 0 Å². The molecule has 0 unspecified atom stereocenters. The number of hydrogen-bond acceptors (Lipinski definition) is 5. The van der Waals surface area contributed by atoms with Crippen molar-refractivity contribution in [2.75, 3.05) is 0 Å². The molecule has 0 heterocycles. The number of hydrogen-bond donors (Lipinski definition) is 1. The quantitative estimate of drug-likeness (QED) is 0.199. The summed E-state index contributed by atoms with van der Waals surface area (Å²) < 4.78 is 68.2. The van der Waals surface area contributed by atoms with Crippen molar-refractivity contribution >= 4 is 41.8 Å². The average Bonchev–Trinajstić information content (AvgIpc) is 3.62. The van der Waals surface area contributed by atoms with Gasteiger partial charge in [0.05, 0.1) is 0 Å². The molecule has 0 radical (unpaired) electrons. The lowest BCUT2D eigenvalue weighted by Gasteiger charge is -2.24. The fraction of sp³-hybridized carbons (Fsp3) is 0.333. The molecule has 2 aliphatic rings. The van der Waals surface area contributed by atoms with Crippen molar-refractivity contribution in [3.8, 4) is 5.75 Å². The molecule has 0 spiro atoms. The van der Waals surface area contributed by atoms with E-state index < -0.39 is 20.2 Å². The Bertz CT molecular complexity index is 1750. The van der Waals surface area contributed by atoms with Gasteiger partial charge >= 0.3 is 10.1 Å². The zero-order valence-corrected chi connectivity index (χ0v) is 22.6. The van der Waals surface area contributed by atoms with E-state index in [1.165, 1.54) is 18.2 Å². The average molecular weight is 551 g/mol. The van der Waals surface area contributed by atoms with Crippen LogP contribution < -0.4 is 4.18 Å². The van der Waals surface area contributed by atoms with Gasteiger partial charge in [0.25, 0.3) is 10.1 Å². The maximum Gasteiger partial charge on any atom is 0.339 e. The Morgan fingerprint density at radius 2 is 1.26 bits per heavy atom. The first kappa shape index (κ1) is 25.3. The maximum atomic E-state index is 14.3. The molecule has 6 rings (SSSR count). The number of rotatable bonds is 6. The van der Waals surface area contributed by atoms with E-state index in [-0.39, 0.29) is 32.8 Å². The van der Waals surface area contributed by atoms with Crippen LogP contribution in [0, 0.1) is 0 Å². The molecule has 198 valence electrons. The molecule has 6 nitrogen and oxygen atoms in total. The van der Waals surface area contributed by atoms with Gasteiger partial charge in [0.15, 0.2) is 5.75 Å². The predicted molar refractivity (Wildman–Crippen MR) is 148 cm³/mol. The molecule has 0 atom stereocenters. The molecule has 38 heavy (non-hydrogen) atoms. The van der Waals surface area contributed by atoms with Gasteiger partial charge < -0.3 is 4.18 Å². The van der Waals surface area contributed by atoms with E-state index in [0.29, 0.717) is 5.39 Å². The summed E-state index contributed by atoms with van der Waals surface area (Å²) in [6.07, 6.45) is 8.02. The molecule has 2 saturated carbocycles. The van der Waals surface area contributed by atoms with Gasteiger partial charge in [0, 0.05) is 10.8 Å². The minimum atomic E-state index is -4.51. The SMILES string of the molecule is O=S(=O)(O)c1ccc(OS(=O)(=O)c2c(C3CCCC3)cc3ccccc3c2C2CCCC2)c2ccccc12. The van der Waals surface area contributed by atoms with Crippen molar-refractivity contribution in [2.45, 2.75) is 73.0 Å². The van der Waals surface area contributed by atoms with E-state index in [9.17, 15) is 21.4 Å². The van der Waals surface area contributed by atoms with Gasteiger partial charge in [0.2, 0.25) is 0 Å². The maximum absolute atomic E-state index is 14.3. The van der Waals surface area contributed by atoms with Crippen molar-refractivity contribution in [2.24, 2.45) is 0 Å². The Morgan fingerprint density at radius 1 is 0.684 bits per heavy atom. The summed E-state index contributed by atoms with van der Waals surface area (Å²) >= 11 is 0. The summed E-state index contributed by atoms with van der Waals surface area (Å²) in [7, 11) is -8.80. The molecule has 2 aliphatic carbocycles. The highest BCUT2D eigenvalue weighted by Gasteiger charge is 2.35. The Kier molecular flexibility index (Phi) is 6.45. The summed E-state index contributed by atoms with van der Waals surface area (Å²) in [5.74, 6) is 0.316. The van der Waals surface area contributed by atoms with Crippen LogP contribution in [-0.2, 0) is 20.2 Å². The molecule has 0 aromatic heterocycles. The summed E-state index contributed by atoms with van der Waals surface area (Å²) in [5, 5.41) is 2.51. The lowest BCUT2D eigenvalue weighted by molar-refractivity contribution is 0.483. The second-order valence-corrected chi connectivity index (χ2v) is 13.4. The highest BCUT2D eigenvalue weighted by atomic mass is 32.2. The van der Waals surface area contributed by atoms with E-state index in [2.05, 4.69) is 6.07 Å². The van der Waals surface area contributed by atoms with E-state index in [1.807, 2.05) is 24.3 Å². The molecule has 2 fully saturated rings. The summed E-state index contributed by atoms with van der Waals surface area (Å²) in [5.41, 5.74) is 1.70. The van der Waals surface area contributed by atoms with Crippen LogP contribution in [0.25, 0.3) is 21.5 Å². The molecular weight excluding hydrogens is 520 g/mol. The van der Waals surface area contributed by atoms with Gasteiger partial charge in [-0.2, -0.15) is 16.8 Å². The molecule has 0 saturated heterocycles. The van der Waals surface area contributed by atoms with E-state index in [1.54, 1.807) is 18.2 Å². The Hall–Kier alpha value is -2.94. The van der Waals surface area contributed by atoms with Gasteiger partial charge in [0.1, 0.15) is 9.79 Å². The molecular formula is C30H30O6S2. The molecule has 0 aliphatic heterocycles. The van der Waals surface area contributed by atoms with Crippen molar-refractivity contribution in [1.82, 2.24) is 0 Å². The lowest BCUT2D eigenvalue weighted by atomic mass is 9.86. The predicted octanol–water partition coefficient (Wildman–Crippen LogP) is 7.32. The van der Waals surface area contributed by atoms with Gasteiger partial charge in [-0.1, -0.05) is 74.2 Å². The van der Waals surface area contributed by atoms with Crippen molar-refractivity contribution in [1.29, 1.82) is 0 Å². The van der Waals surface area contributed by atoms with Crippen molar-refractivity contribution in [3.05, 3.63) is 77.9 Å². The summed E-state index contributed by atoms with van der Waals surface area (Å²) in [6.45, 7) is 0. The zero-order valence-electron chi connectivity index (χ0n) is 21.0.